The number of halogens is 1. The van der Waals surface area contributed by atoms with E-state index >= 15 is 0 Å². The molecule has 0 aromatic heterocycles. The van der Waals surface area contributed by atoms with Crippen molar-refractivity contribution in [1.29, 1.82) is 5.26 Å². The van der Waals surface area contributed by atoms with Gasteiger partial charge in [0.05, 0.1) is 17.4 Å². The molecule has 0 radical (unpaired) electrons. The topological polar surface area (TPSA) is 66.9 Å². The Kier molecular flexibility index (Phi) is 3.20. The summed E-state index contributed by atoms with van der Waals surface area (Å²) in [6.07, 6.45) is 0.249. The van der Waals surface area contributed by atoms with Gasteiger partial charge in [-0.2, -0.15) is 5.26 Å². The molecule has 0 heterocycles. The molecule has 1 aromatic rings. The highest BCUT2D eigenvalue weighted by atomic mass is 79.9. The largest absolute Gasteiger partial charge is 0.273 e. The molecule has 0 aliphatic rings. The van der Waals surface area contributed by atoms with Crippen LogP contribution in [0.25, 0.3) is 0 Å². The van der Waals surface area contributed by atoms with Crippen LogP contribution in [0.3, 0.4) is 0 Å². The smallest absolute Gasteiger partial charge is 0.258 e. The predicted molar refractivity (Wildman–Crippen MR) is 54.9 cm³/mol. The highest BCUT2D eigenvalue weighted by Gasteiger charge is 2.13. The minimum atomic E-state index is -0.434. The van der Waals surface area contributed by atoms with E-state index in [1.165, 1.54) is 6.07 Å². The number of hydrogen-bond donors (Lipinski definition) is 0. The summed E-state index contributed by atoms with van der Waals surface area (Å²) in [5, 5.41) is 19.1. The standard InChI is InChI=1S/C9H7BrN2O2/c1-6-4-7(2-3-11)8(10)5-9(6)12(13)14/h4-5H,2H2,1H3. The van der Waals surface area contributed by atoms with Crippen LogP contribution in [0, 0.1) is 28.4 Å². The van der Waals surface area contributed by atoms with Gasteiger partial charge in [0.25, 0.3) is 5.69 Å². The van der Waals surface area contributed by atoms with Crippen molar-refractivity contribution in [2.45, 2.75) is 13.3 Å². The zero-order valence-corrected chi connectivity index (χ0v) is 9.04. The molecule has 0 saturated carbocycles. The second kappa shape index (κ2) is 4.20. The normalized spacial score (nSPS) is 9.50. The molecule has 0 atom stereocenters. The van der Waals surface area contributed by atoms with E-state index in [1.807, 2.05) is 6.07 Å². The van der Waals surface area contributed by atoms with Gasteiger partial charge in [-0.3, -0.25) is 10.1 Å². The van der Waals surface area contributed by atoms with Gasteiger partial charge in [0.2, 0.25) is 0 Å². The minimum Gasteiger partial charge on any atom is -0.258 e. The molecule has 0 aliphatic heterocycles. The van der Waals surface area contributed by atoms with E-state index in [1.54, 1.807) is 13.0 Å². The van der Waals surface area contributed by atoms with E-state index in [-0.39, 0.29) is 12.1 Å². The molecule has 1 aromatic carbocycles. The molecule has 72 valence electrons. The summed E-state index contributed by atoms with van der Waals surface area (Å²) in [5.41, 5.74) is 1.41. The van der Waals surface area contributed by atoms with E-state index in [0.29, 0.717) is 10.0 Å². The molecular formula is C9H7BrN2O2. The number of nitriles is 1. The summed E-state index contributed by atoms with van der Waals surface area (Å²) >= 11 is 3.20. The van der Waals surface area contributed by atoms with Crippen molar-refractivity contribution in [3.8, 4) is 6.07 Å². The summed E-state index contributed by atoms with van der Waals surface area (Å²) < 4.78 is 0.608. The van der Waals surface area contributed by atoms with Crippen LogP contribution in [0.15, 0.2) is 16.6 Å². The van der Waals surface area contributed by atoms with Crippen molar-refractivity contribution in [2.24, 2.45) is 0 Å². The first-order valence-electron chi connectivity index (χ1n) is 3.86. The fourth-order valence-corrected chi connectivity index (χ4v) is 1.62. The summed E-state index contributed by atoms with van der Waals surface area (Å²) in [6.45, 7) is 1.66. The SMILES string of the molecule is Cc1cc(CC#N)c(Br)cc1[N+](=O)[O-]. The summed E-state index contributed by atoms with van der Waals surface area (Å²) in [5.74, 6) is 0. The number of nitro groups is 1. The fraction of sp³-hybridized carbons (Fsp3) is 0.222. The third kappa shape index (κ3) is 2.09. The Morgan fingerprint density at radius 2 is 2.29 bits per heavy atom. The van der Waals surface area contributed by atoms with Crippen LogP contribution >= 0.6 is 15.9 Å². The van der Waals surface area contributed by atoms with Gasteiger partial charge in [0.1, 0.15) is 0 Å². The highest BCUT2D eigenvalue weighted by Crippen LogP contribution is 2.27. The number of nitro benzene ring substituents is 1. The Morgan fingerprint density at radius 1 is 1.64 bits per heavy atom. The van der Waals surface area contributed by atoms with Gasteiger partial charge in [-0.1, -0.05) is 15.9 Å². The predicted octanol–water partition coefficient (Wildman–Crippen LogP) is 2.73. The van der Waals surface area contributed by atoms with Crippen molar-refractivity contribution in [1.82, 2.24) is 0 Å². The molecule has 4 nitrogen and oxygen atoms in total. The quantitative estimate of drug-likeness (QED) is 0.602. The molecule has 0 N–H and O–H groups in total. The van der Waals surface area contributed by atoms with E-state index in [9.17, 15) is 10.1 Å². The van der Waals surface area contributed by atoms with Gasteiger partial charge in [-0.25, -0.2) is 0 Å². The van der Waals surface area contributed by atoms with Crippen LogP contribution in [0.5, 0.6) is 0 Å². The van der Waals surface area contributed by atoms with E-state index in [4.69, 9.17) is 5.26 Å². The Bertz CT molecular complexity index is 424. The van der Waals surface area contributed by atoms with Gasteiger partial charge in [0.15, 0.2) is 0 Å². The zero-order chi connectivity index (χ0) is 10.7. The summed E-state index contributed by atoms with van der Waals surface area (Å²) in [7, 11) is 0. The highest BCUT2D eigenvalue weighted by molar-refractivity contribution is 9.10. The molecular weight excluding hydrogens is 248 g/mol. The van der Waals surface area contributed by atoms with Crippen LogP contribution < -0.4 is 0 Å². The first-order chi connectivity index (χ1) is 6.56. The number of benzene rings is 1. The van der Waals surface area contributed by atoms with Crippen LogP contribution in [-0.4, -0.2) is 4.92 Å². The van der Waals surface area contributed by atoms with E-state index in [0.717, 1.165) is 5.56 Å². The van der Waals surface area contributed by atoms with Crippen molar-refractivity contribution in [2.75, 3.05) is 0 Å². The molecule has 0 fully saturated rings. The second-order valence-corrected chi connectivity index (χ2v) is 3.68. The number of rotatable bonds is 2. The average Bonchev–Trinajstić information content (AvgIpc) is 2.10. The third-order valence-corrected chi connectivity index (χ3v) is 2.57. The van der Waals surface area contributed by atoms with Crippen LogP contribution in [-0.2, 0) is 6.42 Å². The minimum absolute atomic E-state index is 0.0681. The lowest BCUT2D eigenvalue weighted by atomic mass is 10.1. The zero-order valence-electron chi connectivity index (χ0n) is 7.45. The van der Waals surface area contributed by atoms with Gasteiger partial charge in [-0.15, -0.1) is 0 Å². The third-order valence-electron chi connectivity index (χ3n) is 1.83. The van der Waals surface area contributed by atoms with Crippen LogP contribution in [0.1, 0.15) is 11.1 Å². The van der Waals surface area contributed by atoms with Crippen molar-refractivity contribution >= 4 is 21.6 Å². The lowest BCUT2D eigenvalue weighted by Crippen LogP contribution is -1.94. The Morgan fingerprint density at radius 3 is 2.79 bits per heavy atom. The molecule has 14 heavy (non-hydrogen) atoms. The van der Waals surface area contributed by atoms with Crippen molar-refractivity contribution in [3.63, 3.8) is 0 Å². The maximum absolute atomic E-state index is 10.6. The first-order valence-corrected chi connectivity index (χ1v) is 4.66. The molecule has 0 amide bonds. The van der Waals surface area contributed by atoms with Crippen molar-refractivity contribution < 1.29 is 4.92 Å². The second-order valence-electron chi connectivity index (χ2n) is 2.82. The average molecular weight is 255 g/mol. The van der Waals surface area contributed by atoms with Crippen LogP contribution in [0.2, 0.25) is 0 Å². The maximum Gasteiger partial charge on any atom is 0.273 e. The lowest BCUT2D eigenvalue weighted by molar-refractivity contribution is -0.385. The van der Waals surface area contributed by atoms with Gasteiger partial charge in [-0.05, 0) is 18.6 Å². The molecule has 5 heteroatoms. The Hall–Kier alpha value is -1.41. The first kappa shape index (κ1) is 10.7. The van der Waals surface area contributed by atoms with E-state index in [2.05, 4.69) is 15.9 Å². The monoisotopic (exact) mass is 254 g/mol. The molecule has 0 saturated heterocycles. The van der Waals surface area contributed by atoms with Crippen molar-refractivity contribution in [3.05, 3.63) is 37.8 Å². The maximum atomic E-state index is 10.6. The van der Waals surface area contributed by atoms with Crippen LogP contribution in [0.4, 0.5) is 5.69 Å². The number of hydrogen-bond acceptors (Lipinski definition) is 3. The van der Waals surface area contributed by atoms with Gasteiger partial charge < -0.3 is 0 Å². The molecule has 0 spiro atoms. The Labute approximate surface area is 89.4 Å². The molecule has 1 rings (SSSR count). The van der Waals surface area contributed by atoms with Gasteiger partial charge >= 0.3 is 0 Å². The fourth-order valence-electron chi connectivity index (χ4n) is 1.15. The molecule has 0 aliphatic carbocycles. The van der Waals surface area contributed by atoms with Gasteiger partial charge in [0, 0.05) is 16.1 Å². The van der Waals surface area contributed by atoms with E-state index < -0.39 is 4.92 Å². The lowest BCUT2D eigenvalue weighted by Gasteiger charge is -2.02. The summed E-state index contributed by atoms with van der Waals surface area (Å²) in [6, 6.07) is 5.09. The molecule has 0 unspecified atom stereocenters. The number of aryl methyl sites for hydroxylation is 1. The molecule has 0 bridgehead atoms. The Balaban J connectivity index is 3.25. The number of nitrogens with zero attached hydrogens (tertiary/aromatic N) is 2. The summed E-state index contributed by atoms with van der Waals surface area (Å²) in [4.78, 5) is 10.1.